The maximum absolute atomic E-state index is 13.0. The summed E-state index contributed by atoms with van der Waals surface area (Å²) in [6.45, 7) is 16.6. The van der Waals surface area contributed by atoms with Crippen LogP contribution in [0.4, 0.5) is 39.5 Å². The molecule has 0 fully saturated rings. The van der Waals surface area contributed by atoms with Crippen LogP contribution in [0.3, 0.4) is 0 Å². The number of halogens is 9. The highest BCUT2D eigenvalue weighted by molar-refractivity contribution is 7.16. The van der Waals surface area contributed by atoms with E-state index in [4.69, 9.17) is 29.2 Å². The van der Waals surface area contributed by atoms with Crippen LogP contribution < -0.4 is 30.2 Å². The van der Waals surface area contributed by atoms with Crippen LogP contribution in [0.25, 0.3) is 31.7 Å². The summed E-state index contributed by atoms with van der Waals surface area (Å²) < 4.78 is 138. The van der Waals surface area contributed by atoms with Crippen molar-refractivity contribution in [2.75, 3.05) is 6.61 Å². The largest absolute Gasteiger partial charge is 0.478 e. The van der Waals surface area contributed by atoms with Crippen LogP contribution in [0, 0.1) is 20.8 Å². The molecule has 9 aromatic rings. The molecule has 0 unspecified atom stereocenters. The van der Waals surface area contributed by atoms with E-state index in [1.807, 2.05) is 0 Å². The van der Waals surface area contributed by atoms with Crippen molar-refractivity contribution in [3.63, 3.8) is 0 Å². The minimum atomic E-state index is -4.47. The van der Waals surface area contributed by atoms with Crippen LogP contribution in [0.1, 0.15) is 128 Å². The van der Waals surface area contributed by atoms with Gasteiger partial charge < -0.3 is 45.1 Å². The van der Waals surface area contributed by atoms with Crippen molar-refractivity contribution in [1.29, 1.82) is 0 Å². The van der Waals surface area contributed by atoms with Gasteiger partial charge in [0.2, 0.25) is 0 Å². The number of hydrogen-bond acceptors (Lipinski definition) is 16. The third-order valence-electron chi connectivity index (χ3n) is 14.4. The van der Waals surface area contributed by atoms with Crippen molar-refractivity contribution in [3.05, 3.63) is 211 Å². The smallest absolute Gasteiger partial charge is 0.416 e. The van der Waals surface area contributed by atoms with Crippen molar-refractivity contribution in [2.45, 2.75) is 124 Å². The number of hydrogen-bond donors (Lipinski definition) is 5. The maximum Gasteiger partial charge on any atom is 0.416 e. The number of benzene rings is 6. The van der Waals surface area contributed by atoms with E-state index in [1.54, 1.807) is 114 Å². The Labute approximate surface area is 585 Å². The van der Waals surface area contributed by atoms with Crippen LogP contribution in [0.5, 0.6) is 17.2 Å². The first-order valence-corrected chi connectivity index (χ1v) is 32.9. The Hall–Kier alpha value is -10.2. The molecule has 18 nitrogen and oxygen atoms in total. The first-order valence-electron chi connectivity index (χ1n) is 30.4. The monoisotopic (exact) mass is 1460 g/mol. The zero-order valence-electron chi connectivity index (χ0n) is 55.6. The van der Waals surface area contributed by atoms with Crippen molar-refractivity contribution in [1.82, 2.24) is 30.9 Å². The van der Waals surface area contributed by atoms with Crippen LogP contribution >= 0.6 is 34.0 Å². The van der Waals surface area contributed by atoms with Crippen molar-refractivity contribution < 1.29 is 97.4 Å². The molecule has 3 heterocycles. The Kier molecular flexibility index (Phi) is 25.1. The van der Waals surface area contributed by atoms with Crippen LogP contribution in [-0.4, -0.2) is 84.2 Å². The highest BCUT2D eigenvalue weighted by Crippen LogP contribution is 2.38. The molecule has 0 atom stereocenters. The van der Waals surface area contributed by atoms with E-state index in [2.05, 4.69) is 30.9 Å². The van der Waals surface area contributed by atoms with E-state index < -0.39 is 87.7 Å². The fourth-order valence-corrected chi connectivity index (χ4v) is 11.5. The number of rotatable bonds is 22. The molecule has 9 rings (SSSR count). The molecule has 5 N–H and O–H groups in total. The number of carboxylic acids is 2. The Morgan fingerprint density at radius 2 is 0.703 bits per heavy atom. The van der Waals surface area contributed by atoms with Gasteiger partial charge in [0.1, 0.15) is 49.4 Å². The molecule has 0 aliphatic rings. The number of nitrogens with zero attached hydrogens (tertiary/aromatic N) is 3. The molecule has 0 spiro atoms. The van der Waals surface area contributed by atoms with E-state index >= 15 is 0 Å². The van der Waals surface area contributed by atoms with E-state index in [0.29, 0.717) is 58.0 Å². The van der Waals surface area contributed by atoms with Crippen molar-refractivity contribution in [3.8, 4) is 49.0 Å². The number of thiazole rings is 3. The third-order valence-corrected chi connectivity index (χ3v) is 17.5. The van der Waals surface area contributed by atoms with Gasteiger partial charge in [0, 0.05) is 51.0 Å². The van der Waals surface area contributed by atoms with Gasteiger partial charge in [-0.2, -0.15) is 39.5 Å². The number of amides is 3. The summed E-state index contributed by atoms with van der Waals surface area (Å²) in [5.41, 5.74) is -2.30. The molecular formula is C71H67F9N6O12S3. The standard InChI is InChI=1S/C25H25F3N2O4S.2C23H21F3N2O4S/c1-5-33-23(32)24(3,4)34-19-11-9-16(10-12-19)14-29-21(31)20-15(2)35-22(30-20)17-7-6-8-18(13-17)25(26,27)28;1-13-18(28-20(33-13)15-6-8-16(9-7-15)23(24,25)26)19(29)27-12-14-4-10-17(11-5-14)32-22(2,3)21(30)31;1-13-18(28-20(33-13)15-5-4-6-16(11-15)23(24,25)26)19(29)27-12-14-7-9-17(10-8-14)32-22(2,3)21(30)31/h6-13H,5,14H2,1-4H3,(H,29,31);2*4-11H,12H2,1-3H3,(H,27,29)(H,30,31). The predicted molar refractivity (Wildman–Crippen MR) is 361 cm³/mol. The Morgan fingerprint density at radius 3 is 0.990 bits per heavy atom. The highest BCUT2D eigenvalue weighted by Gasteiger charge is 2.35. The number of carboxylic acid groups (broad SMARTS) is 2. The number of aliphatic carboxylic acids is 2. The van der Waals surface area contributed by atoms with Crippen molar-refractivity contribution in [2.24, 2.45) is 0 Å². The zero-order valence-corrected chi connectivity index (χ0v) is 58.1. The average molecular weight is 1460 g/mol. The summed E-state index contributed by atoms with van der Waals surface area (Å²) in [5.74, 6) is -2.72. The van der Waals surface area contributed by atoms with E-state index in [0.717, 1.165) is 75.8 Å². The molecule has 30 heteroatoms. The van der Waals surface area contributed by atoms with E-state index in [1.165, 1.54) is 75.4 Å². The quantitative estimate of drug-likeness (QED) is 0.0312. The Bertz CT molecular complexity index is 4420. The number of nitrogens with one attached hydrogen (secondary N) is 3. The lowest BCUT2D eigenvalue weighted by Gasteiger charge is -2.24. The summed E-state index contributed by atoms with van der Waals surface area (Å²) >= 11 is 3.52. The van der Waals surface area contributed by atoms with Crippen LogP contribution in [0.2, 0.25) is 0 Å². The number of aromatic nitrogens is 3. The molecule has 0 radical (unpaired) electrons. The van der Waals surface area contributed by atoms with E-state index in [9.17, 15) is 68.3 Å². The summed E-state index contributed by atoms with van der Waals surface area (Å²) in [6.07, 6.45) is -13.3. The molecule has 101 heavy (non-hydrogen) atoms. The summed E-state index contributed by atoms with van der Waals surface area (Å²) in [5, 5.41) is 27.6. The molecule has 6 aromatic carbocycles. The first-order chi connectivity index (χ1) is 47.1. The fourth-order valence-electron chi connectivity index (χ4n) is 8.79. The Balaban J connectivity index is 0.000000213. The SMILES string of the molecule is CCOC(=O)C(C)(C)Oc1ccc(CNC(=O)c2nc(-c3cccc(C(F)(F)F)c3)sc2C)cc1.Cc1sc(-c2ccc(C(F)(F)F)cc2)nc1C(=O)NCc1ccc(OC(C)(C)C(=O)O)cc1.Cc1sc(-c2cccc(C(F)(F)F)c2)nc1C(=O)NCc1ccc(OC(C)(C)C(=O)O)cc1. The van der Waals surface area contributed by atoms with Gasteiger partial charge in [-0.1, -0.05) is 72.8 Å². The molecule has 534 valence electrons. The molecule has 0 saturated heterocycles. The zero-order chi connectivity index (χ0) is 74.6. The average Bonchev–Trinajstić information content (AvgIpc) is 1.71. The van der Waals surface area contributed by atoms with Gasteiger partial charge in [-0.15, -0.1) is 34.0 Å². The highest BCUT2D eigenvalue weighted by atomic mass is 32.1. The van der Waals surface area contributed by atoms with Crippen molar-refractivity contribution >= 4 is 69.6 Å². The lowest BCUT2D eigenvalue weighted by Crippen LogP contribution is -2.39. The number of alkyl halides is 9. The number of carbonyl (C=O) groups excluding carboxylic acids is 4. The first kappa shape index (κ1) is 78.1. The summed E-state index contributed by atoms with van der Waals surface area (Å²) in [7, 11) is 0. The number of ether oxygens (including phenoxy) is 4. The minimum absolute atomic E-state index is 0.149. The van der Waals surface area contributed by atoms with Crippen LogP contribution in [0.15, 0.2) is 146 Å². The number of aryl methyl sites for hydroxylation is 3. The van der Waals surface area contributed by atoms with Gasteiger partial charge in [-0.05, 0) is 159 Å². The molecule has 3 aromatic heterocycles. The second-order valence-electron chi connectivity index (χ2n) is 23.7. The molecule has 0 aliphatic carbocycles. The lowest BCUT2D eigenvalue weighted by atomic mass is 10.1. The summed E-state index contributed by atoms with van der Waals surface area (Å²) in [4.78, 5) is 86.8. The molecule has 0 aliphatic heterocycles. The second-order valence-corrected chi connectivity index (χ2v) is 27.3. The lowest BCUT2D eigenvalue weighted by molar-refractivity contribution is -0.158. The fraction of sp³-hybridized carbons (Fsp3) is 0.282. The molecule has 3 amide bonds. The maximum atomic E-state index is 13.0. The second kappa shape index (κ2) is 32.4. The topological polar surface area (TPSA) is 255 Å². The minimum Gasteiger partial charge on any atom is -0.478 e. The number of esters is 1. The predicted octanol–water partition coefficient (Wildman–Crippen LogP) is 16.4. The van der Waals surface area contributed by atoms with Gasteiger partial charge in [0.05, 0.1) is 23.3 Å². The molecule has 0 saturated carbocycles. The van der Waals surface area contributed by atoms with E-state index in [-0.39, 0.29) is 48.9 Å². The van der Waals surface area contributed by atoms with Gasteiger partial charge in [-0.25, -0.2) is 29.3 Å². The number of carbonyl (C=O) groups is 6. The summed E-state index contributed by atoms with van der Waals surface area (Å²) in [6, 6.07) is 34.4. The Morgan fingerprint density at radius 1 is 0.406 bits per heavy atom. The normalized spacial score (nSPS) is 11.8. The third kappa shape index (κ3) is 21.7. The van der Waals surface area contributed by atoms with Gasteiger partial charge in [0.25, 0.3) is 17.7 Å². The molecule has 0 bridgehead atoms. The molecular weight excluding hydrogens is 1400 g/mol. The van der Waals surface area contributed by atoms with Gasteiger partial charge >= 0.3 is 36.4 Å². The van der Waals surface area contributed by atoms with Gasteiger partial charge in [0.15, 0.2) is 16.8 Å². The van der Waals surface area contributed by atoms with Gasteiger partial charge in [-0.3, -0.25) is 14.4 Å². The van der Waals surface area contributed by atoms with Crippen LogP contribution in [-0.2, 0) is 57.3 Å².